The summed E-state index contributed by atoms with van der Waals surface area (Å²) in [5.74, 6) is -2.49. The Hall–Kier alpha value is -1.11. The molecule has 18 heavy (non-hydrogen) atoms. The van der Waals surface area contributed by atoms with Gasteiger partial charge >= 0.3 is 5.97 Å². The van der Waals surface area contributed by atoms with Crippen molar-refractivity contribution in [3.8, 4) is 0 Å². The molecule has 1 aliphatic rings. The molecule has 1 saturated heterocycles. The first-order valence-electron chi connectivity index (χ1n) is 6.06. The molecule has 0 aromatic heterocycles. The second-order valence-electron chi connectivity index (χ2n) is 4.61. The van der Waals surface area contributed by atoms with Gasteiger partial charge in [-0.3, -0.25) is 9.59 Å². The summed E-state index contributed by atoms with van der Waals surface area (Å²) in [7, 11) is -3.36. The fourth-order valence-electron chi connectivity index (χ4n) is 2.07. The predicted molar refractivity (Wildman–Crippen MR) is 65.9 cm³/mol. The second kappa shape index (κ2) is 6.17. The van der Waals surface area contributed by atoms with Gasteiger partial charge < -0.3 is 10.0 Å². The van der Waals surface area contributed by atoms with Crippen LogP contribution < -0.4 is 0 Å². The standard InChI is InChI=1S/C11H19NO5S/c1-2-6-18(16,17)8-10(13)12-5-3-4-9(7-12)11(14)15/h9H,2-8H2,1H3,(H,14,15). The summed E-state index contributed by atoms with van der Waals surface area (Å²) in [6, 6.07) is 0. The molecule has 0 bridgehead atoms. The van der Waals surface area contributed by atoms with Crippen LogP contribution in [0.5, 0.6) is 0 Å². The van der Waals surface area contributed by atoms with E-state index in [1.807, 2.05) is 0 Å². The predicted octanol–water partition coefficient (Wildman–Crippen LogP) is 0.134. The summed E-state index contributed by atoms with van der Waals surface area (Å²) in [5.41, 5.74) is 0. The minimum absolute atomic E-state index is 0.00502. The zero-order valence-electron chi connectivity index (χ0n) is 10.5. The van der Waals surface area contributed by atoms with Crippen LogP contribution in [0.3, 0.4) is 0 Å². The molecular weight excluding hydrogens is 258 g/mol. The van der Waals surface area contributed by atoms with E-state index in [-0.39, 0.29) is 12.3 Å². The summed E-state index contributed by atoms with van der Waals surface area (Å²) in [6.45, 7) is 2.31. The number of nitrogens with zero attached hydrogens (tertiary/aromatic N) is 1. The van der Waals surface area contributed by atoms with Gasteiger partial charge in [-0.15, -0.1) is 0 Å². The number of piperidine rings is 1. The third kappa shape index (κ3) is 4.29. The van der Waals surface area contributed by atoms with Crippen LogP contribution in [0.1, 0.15) is 26.2 Å². The fourth-order valence-corrected chi connectivity index (χ4v) is 3.39. The number of sulfone groups is 1. The number of likely N-dealkylation sites (tertiary alicyclic amines) is 1. The maximum Gasteiger partial charge on any atom is 0.308 e. The Bertz CT molecular complexity index is 417. The highest BCUT2D eigenvalue weighted by molar-refractivity contribution is 7.92. The molecule has 104 valence electrons. The van der Waals surface area contributed by atoms with E-state index in [4.69, 9.17) is 5.11 Å². The SMILES string of the molecule is CCCS(=O)(=O)CC(=O)N1CCCC(C(=O)O)C1. The third-order valence-electron chi connectivity index (χ3n) is 2.98. The van der Waals surface area contributed by atoms with Crippen LogP contribution in [-0.2, 0) is 19.4 Å². The Kier molecular flexibility index (Phi) is 5.13. The molecule has 0 radical (unpaired) electrons. The van der Waals surface area contributed by atoms with Crippen molar-refractivity contribution in [2.45, 2.75) is 26.2 Å². The van der Waals surface area contributed by atoms with Crippen LogP contribution in [-0.4, -0.2) is 54.9 Å². The molecule has 7 heteroatoms. The summed E-state index contributed by atoms with van der Waals surface area (Å²) in [5, 5.41) is 8.90. The van der Waals surface area contributed by atoms with Crippen LogP contribution in [0.25, 0.3) is 0 Å². The minimum atomic E-state index is -3.36. The van der Waals surface area contributed by atoms with Crippen molar-refractivity contribution in [3.05, 3.63) is 0 Å². The van der Waals surface area contributed by atoms with Gasteiger partial charge in [0.15, 0.2) is 9.84 Å². The van der Waals surface area contributed by atoms with Crippen molar-refractivity contribution in [2.24, 2.45) is 5.92 Å². The Balaban J connectivity index is 2.59. The zero-order chi connectivity index (χ0) is 13.8. The number of aliphatic carboxylic acids is 1. The molecule has 1 atom stereocenters. The minimum Gasteiger partial charge on any atom is -0.481 e. The summed E-state index contributed by atoms with van der Waals surface area (Å²) < 4.78 is 23.1. The molecule has 0 aromatic rings. The first kappa shape index (κ1) is 14.9. The highest BCUT2D eigenvalue weighted by atomic mass is 32.2. The van der Waals surface area contributed by atoms with Crippen molar-refractivity contribution in [1.29, 1.82) is 0 Å². The molecule has 1 amide bonds. The molecule has 1 heterocycles. The van der Waals surface area contributed by atoms with Gasteiger partial charge in [0.1, 0.15) is 5.75 Å². The summed E-state index contributed by atoms with van der Waals surface area (Å²) >= 11 is 0. The molecule has 0 saturated carbocycles. The molecule has 1 aliphatic heterocycles. The van der Waals surface area contributed by atoms with Gasteiger partial charge in [0, 0.05) is 13.1 Å². The van der Waals surface area contributed by atoms with E-state index in [2.05, 4.69) is 0 Å². The quantitative estimate of drug-likeness (QED) is 0.771. The van der Waals surface area contributed by atoms with E-state index < -0.39 is 33.4 Å². The van der Waals surface area contributed by atoms with E-state index in [1.165, 1.54) is 4.90 Å². The maximum absolute atomic E-state index is 11.8. The smallest absolute Gasteiger partial charge is 0.308 e. The van der Waals surface area contributed by atoms with Gasteiger partial charge in [0.2, 0.25) is 5.91 Å². The van der Waals surface area contributed by atoms with Crippen molar-refractivity contribution in [3.63, 3.8) is 0 Å². The average Bonchev–Trinajstić information content (AvgIpc) is 2.28. The Morgan fingerprint density at radius 1 is 1.39 bits per heavy atom. The lowest BCUT2D eigenvalue weighted by Gasteiger charge is -2.30. The summed E-state index contributed by atoms with van der Waals surface area (Å²) in [4.78, 5) is 24.0. The number of hydrogen-bond donors (Lipinski definition) is 1. The van der Waals surface area contributed by atoms with E-state index in [9.17, 15) is 18.0 Å². The van der Waals surface area contributed by atoms with Gasteiger partial charge in [-0.1, -0.05) is 6.92 Å². The van der Waals surface area contributed by atoms with E-state index in [0.29, 0.717) is 25.8 Å². The number of hydrogen-bond acceptors (Lipinski definition) is 4. The lowest BCUT2D eigenvalue weighted by molar-refractivity contribution is -0.145. The molecule has 0 aliphatic carbocycles. The Labute approximate surface area is 107 Å². The van der Waals surface area contributed by atoms with E-state index in [1.54, 1.807) is 6.92 Å². The van der Waals surface area contributed by atoms with Gasteiger partial charge in [0.25, 0.3) is 0 Å². The fraction of sp³-hybridized carbons (Fsp3) is 0.818. The maximum atomic E-state index is 11.8. The number of carbonyl (C=O) groups is 2. The van der Waals surface area contributed by atoms with Crippen molar-refractivity contribution < 1.29 is 23.1 Å². The lowest BCUT2D eigenvalue weighted by Crippen LogP contribution is -2.44. The number of carboxylic acids is 1. The van der Waals surface area contributed by atoms with Crippen LogP contribution >= 0.6 is 0 Å². The van der Waals surface area contributed by atoms with Crippen LogP contribution in [0, 0.1) is 5.92 Å². The zero-order valence-corrected chi connectivity index (χ0v) is 11.3. The third-order valence-corrected chi connectivity index (χ3v) is 4.70. The molecular formula is C11H19NO5S. The highest BCUT2D eigenvalue weighted by Gasteiger charge is 2.29. The molecule has 0 spiro atoms. The first-order valence-corrected chi connectivity index (χ1v) is 7.89. The molecule has 1 rings (SSSR count). The summed E-state index contributed by atoms with van der Waals surface area (Å²) in [6.07, 6.45) is 1.63. The molecule has 1 fully saturated rings. The average molecular weight is 277 g/mol. The second-order valence-corrected chi connectivity index (χ2v) is 6.79. The van der Waals surface area contributed by atoms with Gasteiger partial charge in [-0.25, -0.2) is 8.42 Å². The Morgan fingerprint density at radius 2 is 2.06 bits per heavy atom. The molecule has 1 N–H and O–H groups in total. The van der Waals surface area contributed by atoms with Crippen molar-refractivity contribution in [1.82, 2.24) is 4.90 Å². The lowest BCUT2D eigenvalue weighted by atomic mass is 9.98. The van der Waals surface area contributed by atoms with E-state index >= 15 is 0 Å². The molecule has 6 nitrogen and oxygen atoms in total. The Morgan fingerprint density at radius 3 is 2.61 bits per heavy atom. The van der Waals surface area contributed by atoms with Crippen LogP contribution in [0.2, 0.25) is 0 Å². The van der Waals surface area contributed by atoms with Gasteiger partial charge in [-0.2, -0.15) is 0 Å². The van der Waals surface area contributed by atoms with Crippen molar-refractivity contribution in [2.75, 3.05) is 24.6 Å². The van der Waals surface area contributed by atoms with Crippen molar-refractivity contribution >= 4 is 21.7 Å². The number of rotatable bonds is 5. The number of carbonyl (C=O) groups excluding carboxylic acids is 1. The normalized spacial score (nSPS) is 20.7. The highest BCUT2D eigenvalue weighted by Crippen LogP contribution is 2.17. The molecule has 0 aromatic carbocycles. The van der Waals surface area contributed by atoms with E-state index in [0.717, 1.165) is 0 Å². The first-order chi connectivity index (χ1) is 8.35. The van der Waals surface area contributed by atoms with Gasteiger partial charge in [-0.05, 0) is 19.3 Å². The molecule has 1 unspecified atom stereocenters. The van der Waals surface area contributed by atoms with Gasteiger partial charge in [0.05, 0.1) is 11.7 Å². The number of amides is 1. The topological polar surface area (TPSA) is 91.8 Å². The van der Waals surface area contributed by atoms with Crippen LogP contribution in [0.4, 0.5) is 0 Å². The monoisotopic (exact) mass is 277 g/mol. The number of carboxylic acid groups (broad SMARTS) is 1. The largest absolute Gasteiger partial charge is 0.481 e. The van der Waals surface area contributed by atoms with Crippen LogP contribution in [0.15, 0.2) is 0 Å².